The predicted molar refractivity (Wildman–Crippen MR) is 75.8 cm³/mol. The van der Waals surface area contributed by atoms with Gasteiger partial charge in [-0.2, -0.15) is 0 Å². The molecule has 3 atom stereocenters. The van der Waals surface area contributed by atoms with E-state index in [-0.39, 0.29) is 11.7 Å². The molecule has 2 aliphatic rings. The summed E-state index contributed by atoms with van der Waals surface area (Å²) < 4.78 is 5.99. The second-order valence-electron chi connectivity index (χ2n) is 6.35. The highest BCUT2D eigenvalue weighted by atomic mass is 16.5. The average Bonchev–Trinajstić information content (AvgIpc) is 2.45. The first-order valence-corrected chi connectivity index (χ1v) is 7.57. The Bertz CT molecular complexity index is 411. The number of ether oxygens (including phenoxy) is 1. The summed E-state index contributed by atoms with van der Waals surface area (Å²) in [7, 11) is 0. The molecule has 1 aromatic carbocycles. The highest BCUT2D eigenvalue weighted by Gasteiger charge is 2.44. The summed E-state index contributed by atoms with van der Waals surface area (Å²) in [4.78, 5) is 0. The molecule has 1 aliphatic heterocycles. The molecule has 0 radical (unpaired) electrons. The molecule has 3 unspecified atom stereocenters. The van der Waals surface area contributed by atoms with Crippen LogP contribution in [0.5, 0.6) is 0 Å². The number of benzene rings is 1. The van der Waals surface area contributed by atoms with Crippen LogP contribution in [0.15, 0.2) is 30.3 Å². The van der Waals surface area contributed by atoms with E-state index in [0.29, 0.717) is 11.8 Å². The minimum atomic E-state index is -0.346. The van der Waals surface area contributed by atoms with Gasteiger partial charge in [0.05, 0.1) is 11.7 Å². The van der Waals surface area contributed by atoms with Crippen LogP contribution < -0.4 is 0 Å². The molecule has 1 N–H and O–H groups in total. The monoisotopic (exact) mass is 260 g/mol. The van der Waals surface area contributed by atoms with Crippen molar-refractivity contribution in [2.24, 2.45) is 11.8 Å². The molecule has 0 bridgehead atoms. The predicted octanol–water partition coefficient (Wildman–Crippen LogP) is 3.71. The van der Waals surface area contributed by atoms with E-state index in [4.69, 9.17) is 4.74 Å². The van der Waals surface area contributed by atoms with Crippen molar-refractivity contribution < 1.29 is 9.84 Å². The number of aliphatic hydroxyl groups is 1. The van der Waals surface area contributed by atoms with Crippen LogP contribution in [0.2, 0.25) is 0 Å². The minimum absolute atomic E-state index is 0.174. The van der Waals surface area contributed by atoms with Gasteiger partial charge in [0.25, 0.3) is 0 Å². The lowest BCUT2D eigenvalue weighted by atomic mass is 9.68. The summed E-state index contributed by atoms with van der Waals surface area (Å²) in [5.41, 5.74) is 1.22. The molecule has 2 heteroatoms. The van der Waals surface area contributed by atoms with E-state index >= 15 is 0 Å². The van der Waals surface area contributed by atoms with Gasteiger partial charge in [-0.15, -0.1) is 0 Å². The highest BCUT2D eigenvalue weighted by Crippen LogP contribution is 2.47. The minimum Gasteiger partial charge on any atom is -0.388 e. The van der Waals surface area contributed by atoms with Gasteiger partial charge in [-0.1, -0.05) is 37.3 Å². The van der Waals surface area contributed by atoms with E-state index in [1.54, 1.807) is 0 Å². The summed E-state index contributed by atoms with van der Waals surface area (Å²) in [5, 5.41) is 10.6. The zero-order chi connectivity index (χ0) is 13.3. The van der Waals surface area contributed by atoms with Crippen molar-refractivity contribution >= 4 is 0 Å². The number of rotatable bonds is 3. The van der Waals surface area contributed by atoms with Crippen LogP contribution >= 0.6 is 0 Å². The van der Waals surface area contributed by atoms with Crippen LogP contribution in [0, 0.1) is 11.8 Å². The zero-order valence-corrected chi connectivity index (χ0v) is 11.7. The molecule has 1 aliphatic carbocycles. The molecular formula is C17H24O2. The summed E-state index contributed by atoms with van der Waals surface area (Å²) in [6.07, 6.45) is 5.63. The third-order valence-electron chi connectivity index (χ3n) is 5.18. The first-order valence-electron chi connectivity index (χ1n) is 7.57. The van der Waals surface area contributed by atoms with Crippen LogP contribution in [0.1, 0.15) is 50.7 Å². The maximum absolute atomic E-state index is 10.6. The molecule has 3 rings (SSSR count). The Morgan fingerprint density at radius 1 is 1.26 bits per heavy atom. The largest absolute Gasteiger partial charge is 0.388 e. The second-order valence-corrected chi connectivity index (χ2v) is 6.35. The lowest BCUT2D eigenvalue weighted by Gasteiger charge is -2.49. The maximum atomic E-state index is 10.6. The number of hydrogen-bond acceptors (Lipinski definition) is 2. The number of hydrogen-bond donors (Lipinski definition) is 1. The lowest BCUT2D eigenvalue weighted by molar-refractivity contribution is -0.154. The van der Waals surface area contributed by atoms with E-state index < -0.39 is 0 Å². The van der Waals surface area contributed by atoms with Crippen molar-refractivity contribution in [1.29, 1.82) is 0 Å². The molecular weight excluding hydrogens is 236 g/mol. The van der Waals surface area contributed by atoms with Crippen molar-refractivity contribution in [3.05, 3.63) is 35.9 Å². The standard InChI is InChI=1S/C17H24O2/c1-13(16(18)14-6-3-2-4-7-14)15-8-11-19-17(12-15)9-5-10-17/h2-4,6-7,13,15-16,18H,5,8-12H2,1H3. The van der Waals surface area contributed by atoms with Gasteiger partial charge >= 0.3 is 0 Å². The molecule has 104 valence electrons. The smallest absolute Gasteiger partial charge is 0.0818 e. The van der Waals surface area contributed by atoms with Crippen LogP contribution in [0.3, 0.4) is 0 Å². The first kappa shape index (κ1) is 13.1. The Kier molecular flexibility index (Phi) is 3.64. The summed E-state index contributed by atoms with van der Waals surface area (Å²) in [5.74, 6) is 0.896. The SMILES string of the molecule is CC(C1CCOC2(CCC2)C1)C(O)c1ccccc1. The quantitative estimate of drug-likeness (QED) is 0.897. The normalized spacial score (nSPS) is 28.6. The molecule has 2 nitrogen and oxygen atoms in total. The third-order valence-corrected chi connectivity index (χ3v) is 5.18. The van der Waals surface area contributed by atoms with Crippen LogP contribution in [-0.4, -0.2) is 17.3 Å². The lowest BCUT2D eigenvalue weighted by Crippen LogP contribution is -2.47. The van der Waals surface area contributed by atoms with Crippen molar-refractivity contribution in [1.82, 2.24) is 0 Å². The molecule has 1 heterocycles. The first-order chi connectivity index (χ1) is 9.20. The molecule has 1 spiro atoms. The fraction of sp³-hybridized carbons (Fsp3) is 0.647. The summed E-state index contributed by atoms with van der Waals surface area (Å²) in [6, 6.07) is 10.1. The van der Waals surface area contributed by atoms with Crippen molar-refractivity contribution in [2.45, 2.75) is 50.7 Å². The van der Waals surface area contributed by atoms with Gasteiger partial charge in [0.1, 0.15) is 0 Å². The molecule has 1 aromatic rings. The van der Waals surface area contributed by atoms with E-state index in [2.05, 4.69) is 6.92 Å². The van der Waals surface area contributed by atoms with Crippen molar-refractivity contribution in [3.63, 3.8) is 0 Å². The Hall–Kier alpha value is -0.860. The van der Waals surface area contributed by atoms with E-state index in [9.17, 15) is 5.11 Å². The summed E-state index contributed by atoms with van der Waals surface area (Å²) >= 11 is 0. The van der Waals surface area contributed by atoms with Crippen LogP contribution in [-0.2, 0) is 4.74 Å². The zero-order valence-electron chi connectivity index (χ0n) is 11.7. The van der Waals surface area contributed by atoms with E-state index in [1.807, 2.05) is 30.3 Å². The topological polar surface area (TPSA) is 29.5 Å². The van der Waals surface area contributed by atoms with Gasteiger partial charge in [0.15, 0.2) is 0 Å². The molecule has 1 saturated carbocycles. The second kappa shape index (κ2) is 5.26. The van der Waals surface area contributed by atoms with Gasteiger partial charge in [-0.25, -0.2) is 0 Å². The Labute approximate surface area is 115 Å². The van der Waals surface area contributed by atoms with E-state index in [0.717, 1.165) is 25.0 Å². The molecule has 0 amide bonds. The fourth-order valence-corrected chi connectivity index (χ4v) is 3.65. The Balaban J connectivity index is 1.67. The molecule has 19 heavy (non-hydrogen) atoms. The molecule has 1 saturated heterocycles. The highest BCUT2D eigenvalue weighted by molar-refractivity contribution is 5.18. The van der Waals surface area contributed by atoms with E-state index in [1.165, 1.54) is 19.3 Å². The van der Waals surface area contributed by atoms with Crippen LogP contribution in [0.25, 0.3) is 0 Å². The molecule has 2 fully saturated rings. The van der Waals surface area contributed by atoms with Crippen LogP contribution in [0.4, 0.5) is 0 Å². The molecule has 0 aromatic heterocycles. The van der Waals surface area contributed by atoms with Gasteiger partial charge in [-0.3, -0.25) is 0 Å². The van der Waals surface area contributed by atoms with Gasteiger partial charge in [0.2, 0.25) is 0 Å². The van der Waals surface area contributed by atoms with Gasteiger partial charge < -0.3 is 9.84 Å². The third kappa shape index (κ3) is 2.56. The number of aliphatic hydroxyl groups excluding tert-OH is 1. The Morgan fingerprint density at radius 2 is 2.00 bits per heavy atom. The van der Waals surface area contributed by atoms with Crippen molar-refractivity contribution in [3.8, 4) is 0 Å². The van der Waals surface area contributed by atoms with Gasteiger partial charge in [0, 0.05) is 6.61 Å². The Morgan fingerprint density at radius 3 is 2.63 bits per heavy atom. The average molecular weight is 260 g/mol. The van der Waals surface area contributed by atoms with Crippen molar-refractivity contribution in [2.75, 3.05) is 6.61 Å². The summed E-state index contributed by atoms with van der Waals surface area (Å²) in [6.45, 7) is 3.07. The van der Waals surface area contributed by atoms with Gasteiger partial charge in [-0.05, 0) is 49.5 Å². The maximum Gasteiger partial charge on any atom is 0.0818 e. The fourth-order valence-electron chi connectivity index (χ4n) is 3.65.